The third kappa shape index (κ3) is 8.20. The molecule has 1 aromatic heterocycles. The molecule has 0 aliphatic carbocycles. The van der Waals surface area contributed by atoms with E-state index in [1.54, 1.807) is 13.0 Å². The molecule has 0 N–H and O–H groups in total. The monoisotopic (exact) mass is 671 g/mol. The number of ether oxygens (including phenoxy) is 1. The molecule has 0 radical (unpaired) electrons. The first-order chi connectivity index (χ1) is 22.1. The first-order valence-corrected chi connectivity index (χ1v) is 21.5. The Balaban J connectivity index is 1.72. The van der Waals surface area contributed by atoms with Crippen molar-refractivity contribution in [3.8, 4) is 0 Å². The van der Waals surface area contributed by atoms with Crippen LogP contribution in [-0.4, -0.2) is 56.9 Å². The summed E-state index contributed by atoms with van der Waals surface area (Å²) >= 11 is 0. The summed E-state index contributed by atoms with van der Waals surface area (Å²) in [6, 6.07) is 25.6. The quantitative estimate of drug-likeness (QED) is 0.0825. The van der Waals surface area contributed by atoms with Crippen LogP contribution in [0.4, 0.5) is 0 Å². The first-order valence-electron chi connectivity index (χ1n) is 16.7. The van der Waals surface area contributed by atoms with Crippen molar-refractivity contribution in [2.75, 3.05) is 13.2 Å². The van der Waals surface area contributed by atoms with Gasteiger partial charge in [-0.25, -0.2) is 9.48 Å². The molecule has 0 aliphatic rings. The van der Waals surface area contributed by atoms with E-state index in [1.165, 1.54) is 16.4 Å². The van der Waals surface area contributed by atoms with Crippen LogP contribution >= 0.6 is 0 Å². The van der Waals surface area contributed by atoms with Crippen molar-refractivity contribution in [2.24, 2.45) is 0 Å². The molecule has 252 valence electrons. The predicted octanol–water partition coefficient (Wildman–Crippen LogP) is 7.67. The molecule has 0 amide bonds. The molecule has 1 atom stereocenters. The lowest BCUT2D eigenvalue weighted by Crippen LogP contribution is -2.68. The minimum atomic E-state index is -2.83. The summed E-state index contributed by atoms with van der Waals surface area (Å²) in [5.41, 5.74) is 3.65. The Morgan fingerprint density at radius 3 is 2.02 bits per heavy atom. The maximum atomic E-state index is 11.9. The molecule has 0 saturated carbocycles. The van der Waals surface area contributed by atoms with Crippen LogP contribution in [0.2, 0.25) is 23.2 Å². The molecule has 0 unspecified atom stereocenters. The third-order valence-corrected chi connectivity index (χ3v) is 19.1. The zero-order chi connectivity index (χ0) is 34.5. The second kappa shape index (κ2) is 14.8. The second-order valence-corrected chi connectivity index (χ2v) is 23.9. The first kappa shape index (κ1) is 36.5. The van der Waals surface area contributed by atoms with Gasteiger partial charge in [0.15, 0.2) is 8.32 Å². The van der Waals surface area contributed by atoms with Gasteiger partial charge >= 0.3 is 5.97 Å². The molecule has 0 bridgehead atoms. The van der Waals surface area contributed by atoms with E-state index in [0.29, 0.717) is 26.2 Å². The van der Waals surface area contributed by atoms with Gasteiger partial charge in [0, 0.05) is 12.6 Å². The Kier molecular flexibility index (Phi) is 11.5. The Labute approximate surface area is 283 Å². The number of hydrogen-bond acceptors (Lipinski definition) is 6. The average Bonchev–Trinajstić information content (AvgIpc) is 3.44. The number of aryl methyl sites for hydroxylation is 2. The molecule has 0 fully saturated rings. The number of rotatable bonds is 13. The maximum absolute atomic E-state index is 11.9. The summed E-state index contributed by atoms with van der Waals surface area (Å²) in [5, 5.41) is 11.6. The molecule has 47 heavy (non-hydrogen) atoms. The van der Waals surface area contributed by atoms with Gasteiger partial charge in [-0.1, -0.05) is 113 Å². The van der Waals surface area contributed by atoms with Gasteiger partial charge in [-0.3, -0.25) is 0 Å². The third-order valence-electron chi connectivity index (χ3n) is 9.53. The normalized spacial score (nSPS) is 13.7. The van der Waals surface area contributed by atoms with Gasteiger partial charge in [0.25, 0.3) is 8.32 Å². The minimum Gasteiger partial charge on any atom is -0.463 e. The predicted molar refractivity (Wildman–Crippen MR) is 198 cm³/mol. The van der Waals surface area contributed by atoms with Crippen molar-refractivity contribution in [1.29, 1.82) is 0 Å². The molecule has 4 rings (SSSR count). The van der Waals surface area contributed by atoms with E-state index in [4.69, 9.17) is 13.6 Å². The topological polar surface area (TPSA) is 75.5 Å². The minimum absolute atomic E-state index is 0.0774. The summed E-state index contributed by atoms with van der Waals surface area (Å²) in [4.78, 5) is 11.9. The van der Waals surface area contributed by atoms with Crippen molar-refractivity contribution in [1.82, 2.24) is 15.0 Å². The van der Waals surface area contributed by atoms with Gasteiger partial charge in [-0.2, -0.15) is 0 Å². The molecule has 0 spiro atoms. The Hall–Kier alpha value is -3.38. The van der Waals surface area contributed by atoms with Crippen LogP contribution in [0.1, 0.15) is 66.0 Å². The molecule has 7 nitrogen and oxygen atoms in total. The molecule has 3 aromatic carbocycles. The molecular formula is C38H53N3O4Si2. The Morgan fingerprint density at radius 1 is 0.894 bits per heavy atom. The zero-order valence-corrected chi connectivity index (χ0v) is 32.0. The fourth-order valence-corrected chi connectivity index (χ4v) is 11.5. The molecule has 9 heteroatoms. The summed E-state index contributed by atoms with van der Waals surface area (Å²) < 4.78 is 21.5. The maximum Gasteiger partial charge on any atom is 0.330 e. The highest BCUT2D eigenvalue weighted by molar-refractivity contribution is 6.99. The highest BCUT2D eigenvalue weighted by Gasteiger charge is 2.51. The van der Waals surface area contributed by atoms with Gasteiger partial charge < -0.3 is 13.6 Å². The van der Waals surface area contributed by atoms with Crippen LogP contribution in [0.3, 0.4) is 0 Å². The number of aromatic nitrogens is 3. The van der Waals surface area contributed by atoms with Crippen LogP contribution in [-0.2, 0) is 24.9 Å². The Morgan fingerprint density at radius 2 is 1.49 bits per heavy atom. The van der Waals surface area contributed by atoms with Gasteiger partial charge in [0.2, 0.25) is 0 Å². The van der Waals surface area contributed by atoms with E-state index in [9.17, 15) is 4.79 Å². The Bertz CT molecular complexity index is 1620. The lowest BCUT2D eigenvalue weighted by Gasteiger charge is -2.46. The van der Waals surface area contributed by atoms with Gasteiger partial charge in [-0.05, 0) is 77.1 Å². The molecule has 1 heterocycles. The fourth-order valence-electron chi connectivity index (χ4n) is 5.78. The number of carbonyl (C=O) groups excluding carboxylic acids is 1. The lowest BCUT2D eigenvalue weighted by atomic mass is 10.1. The van der Waals surface area contributed by atoms with Crippen molar-refractivity contribution in [3.05, 3.63) is 90.0 Å². The number of nitrogens with zero attached hydrogens (tertiary/aromatic N) is 3. The van der Waals surface area contributed by atoms with Gasteiger partial charge in [0.05, 0.1) is 24.8 Å². The van der Waals surface area contributed by atoms with E-state index in [1.807, 2.05) is 23.7 Å². The zero-order valence-electron chi connectivity index (χ0n) is 30.0. The van der Waals surface area contributed by atoms with Gasteiger partial charge in [-0.15, -0.1) is 5.10 Å². The fraction of sp³-hybridized carbons (Fsp3) is 0.447. The number of carbonyl (C=O) groups is 1. The van der Waals surface area contributed by atoms with E-state index < -0.39 is 16.6 Å². The van der Waals surface area contributed by atoms with Crippen LogP contribution in [0, 0.1) is 6.92 Å². The highest BCUT2D eigenvalue weighted by atomic mass is 28.4. The standard InChI is InChI=1S/C38H53N3O4Si2/c1-11-43-35(42)25-23-30-22-24-34-36(29(30)2)39-40-41(34)27-26-31(28-44-46(9,10)37(3,4)5)45-47(38(6,7)8,32-18-14-12-15-19-32)33-20-16-13-17-21-33/h12-25,31H,11,26-28H2,1-10H3/b25-23+/t31-/m0/s1. The van der Waals surface area contributed by atoms with Crippen molar-refractivity contribution in [2.45, 2.75) is 97.6 Å². The number of fused-ring (bicyclic) bond motifs is 1. The number of esters is 1. The van der Waals surface area contributed by atoms with Crippen LogP contribution in [0.15, 0.2) is 78.9 Å². The van der Waals surface area contributed by atoms with E-state index in [0.717, 1.165) is 22.2 Å². The molecule has 0 aliphatic heterocycles. The van der Waals surface area contributed by atoms with E-state index in [2.05, 4.69) is 126 Å². The average molecular weight is 672 g/mol. The van der Waals surface area contributed by atoms with Crippen LogP contribution in [0.25, 0.3) is 17.1 Å². The smallest absolute Gasteiger partial charge is 0.330 e. The summed E-state index contributed by atoms with van der Waals surface area (Å²) in [6.07, 6.45) is 3.76. The summed E-state index contributed by atoms with van der Waals surface area (Å²) in [6.45, 7) is 23.6. The van der Waals surface area contributed by atoms with E-state index in [-0.39, 0.29) is 22.1 Å². The van der Waals surface area contributed by atoms with Crippen molar-refractivity contribution in [3.63, 3.8) is 0 Å². The lowest BCUT2D eigenvalue weighted by molar-refractivity contribution is -0.137. The molecule has 4 aromatic rings. The summed E-state index contributed by atoms with van der Waals surface area (Å²) in [5.74, 6) is -0.359. The number of hydrogen-bond donors (Lipinski definition) is 0. The number of benzene rings is 3. The van der Waals surface area contributed by atoms with Gasteiger partial charge in [0.1, 0.15) is 5.52 Å². The SMILES string of the molecule is CCOC(=O)/C=C/c1ccc2c(nnn2CC[C@@H](CO[Si](C)(C)C(C)(C)C)O[Si](c2ccccc2)(c2ccccc2)C(C)(C)C)c1C. The van der Waals surface area contributed by atoms with E-state index >= 15 is 0 Å². The second-order valence-electron chi connectivity index (χ2n) is 14.8. The van der Waals surface area contributed by atoms with Crippen LogP contribution < -0.4 is 10.4 Å². The molecule has 0 saturated heterocycles. The van der Waals surface area contributed by atoms with Crippen molar-refractivity contribution >= 4 is 50.1 Å². The van der Waals surface area contributed by atoms with Crippen molar-refractivity contribution < 1.29 is 18.4 Å². The molecular weight excluding hydrogens is 619 g/mol. The van der Waals surface area contributed by atoms with Crippen LogP contribution in [0.5, 0.6) is 0 Å². The largest absolute Gasteiger partial charge is 0.463 e. The highest BCUT2D eigenvalue weighted by Crippen LogP contribution is 2.40. The summed E-state index contributed by atoms with van der Waals surface area (Å²) in [7, 11) is -4.89.